The second-order valence-corrected chi connectivity index (χ2v) is 12.1. The number of allylic oxidation sites excluding steroid dienone is 2. The first-order valence-corrected chi connectivity index (χ1v) is 15.0. The highest BCUT2D eigenvalue weighted by atomic mass is 16.4. The summed E-state index contributed by atoms with van der Waals surface area (Å²) >= 11 is 0. The Morgan fingerprint density at radius 1 is 1.02 bits per heavy atom. The number of aliphatic carboxylic acids is 1. The summed E-state index contributed by atoms with van der Waals surface area (Å²) < 4.78 is 0. The van der Waals surface area contributed by atoms with Gasteiger partial charge in [-0.2, -0.15) is 0 Å². The van der Waals surface area contributed by atoms with Gasteiger partial charge in [0.2, 0.25) is 11.8 Å². The van der Waals surface area contributed by atoms with Crippen LogP contribution >= 0.6 is 0 Å². The number of aromatic hydroxyl groups is 1. The fourth-order valence-corrected chi connectivity index (χ4v) is 6.74. The Bertz CT molecular complexity index is 1390. The molecule has 0 unspecified atom stereocenters. The molecule has 0 aromatic heterocycles. The number of imide groups is 1. The largest absolute Gasteiger partial charge is 0.507 e. The molecule has 42 heavy (non-hydrogen) atoms. The highest BCUT2D eigenvalue weighted by molar-refractivity contribution is 6.06. The maximum atomic E-state index is 13.5. The van der Waals surface area contributed by atoms with Crippen molar-refractivity contribution >= 4 is 34.6 Å². The van der Waals surface area contributed by atoms with E-state index < -0.39 is 29.8 Å². The van der Waals surface area contributed by atoms with Crippen molar-refractivity contribution < 1.29 is 34.8 Å². The molecule has 8 nitrogen and oxygen atoms in total. The quantitative estimate of drug-likeness (QED) is 0.144. The summed E-state index contributed by atoms with van der Waals surface area (Å²) in [6.45, 7) is 5.94. The molecule has 0 spiro atoms. The van der Waals surface area contributed by atoms with Gasteiger partial charge in [-0.05, 0) is 67.5 Å². The van der Waals surface area contributed by atoms with Gasteiger partial charge in [-0.25, -0.2) is 0 Å². The SMILES string of the molecule is C/C(=C\c1ccc(O)c2ccccc12)CC[C@@H](O)C1=C(C(C)C)C[C@H]2C(=O)N(CCCCCC(=O)O)C(=O)[C@H]2[C@H]1CO. The fourth-order valence-electron chi connectivity index (χ4n) is 6.74. The molecule has 2 aromatic carbocycles. The van der Waals surface area contributed by atoms with Crippen LogP contribution in [0, 0.1) is 23.7 Å². The van der Waals surface area contributed by atoms with Crippen LogP contribution in [0.5, 0.6) is 5.75 Å². The number of hydrogen-bond acceptors (Lipinski definition) is 6. The van der Waals surface area contributed by atoms with E-state index in [9.17, 15) is 29.7 Å². The number of amides is 2. The average molecular weight is 578 g/mol. The van der Waals surface area contributed by atoms with E-state index in [2.05, 4.69) is 6.08 Å². The zero-order valence-corrected chi connectivity index (χ0v) is 24.8. The van der Waals surface area contributed by atoms with Gasteiger partial charge in [0.05, 0.1) is 24.5 Å². The Kier molecular flexibility index (Phi) is 10.2. The number of phenolic OH excluding ortho intramolecular Hbond substituents is 1. The number of carboxylic acid groups (broad SMARTS) is 1. The molecule has 2 aromatic rings. The number of carbonyl (C=O) groups is 3. The van der Waals surface area contributed by atoms with Gasteiger partial charge in [0.15, 0.2) is 0 Å². The number of unbranched alkanes of at least 4 members (excludes halogenated alkanes) is 2. The molecule has 0 bridgehead atoms. The lowest BCUT2D eigenvalue weighted by Gasteiger charge is -2.38. The molecule has 0 saturated carbocycles. The molecule has 8 heteroatoms. The Labute approximate surface area is 247 Å². The van der Waals surface area contributed by atoms with E-state index >= 15 is 0 Å². The van der Waals surface area contributed by atoms with Crippen molar-refractivity contribution in [3.8, 4) is 5.75 Å². The lowest BCUT2D eigenvalue weighted by atomic mass is 9.66. The van der Waals surface area contributed by atoms with Crippen molar-refractivity contribution in [1.29, 1.82) is 0 Å². The van der Waals surface area contributed by atoms with Crippen molar-refractivity contribution in [1.82, 2.24) is 4.90 Å². The molecule has 2 amide bonds. The first-order chi connectivity index (χ1) is 20.0. The maximum absolute atomic E-state index is 13.5. The predicted octanol–water partition coefficient (Wildman–Crippen LogP) is 5.30. The molecule has 1 heterocycles. The Morgan fingerprint density at radius 2 is 1.74 bits per heavy atom. The molecular formula is C34H43NO7. The number of hydrogen-bond donors (Lipinski definition) is 4. The van der Waals surface area contributed by atoms with Gasteiger partial charge < -0.3 is 20.4 Å². The molecule has 2 aliphatic rings. The summed E-state index contributed by atoms with van der Waals surface area (Å²) in [6, 6.07) is 11.2. The predicted molar refractivity (Wildman–Crippen MR) is 161 cm³/mol. The van der Waals surface area contributed by atoms with Crippen molar-refractivity contribution in [2.45, 2.75) is 71.8 Å². The minimum Gasteiger partial charge on any atom is -0.507 e. The summed E-state index contributed by atoms with van der Waals surface area (Å²) in [7, 11) is 0. The number of phenols is 1. The van der Waals surface area contributed by atoms with Crippen LogP contribution in [0.2, 0.25) is 0 Å². The third-order valence-corrected chi connectivity index (χ3v) is 8.89. The summed E-state index contributed by atoms with van der Waals surface area (Å²) in [5.74, 6) is -3.00. The highest BCUT2D eigenvalue weighted by Crippen LogP contribution is 2.48. The molecule has 1 saturated heterocycles. The van der Waals surface area contributed by atoms with Crippen molar-refractivity contribution in [3.05, 3.63) is 58.7 Å². The summed E-state index contributed by atoms with van der Waals surface area (Å²) in [4.78, 5) is 38.9. The van der Waals surface area contributed by atoms with Gasteiger partial charge >= 0.3 is 5.97 Å². The number of carbonyl (C=O) groups excluding carboxylic acids is 2. The Balaban J connectivity index is 1.50. The first-order valence-electron chi connectivity index (χ1n) is 15.0. The van der Waals surface area contributed by atoms with Gasteiger partial charge in [-0.3, -0.25) is 19.3 Å². The van der Waals surface area contributed by atoms with Crippen LogP contribution in [0.25, 0.3) is 16.8 Å². The van der Waals surface area contributed by atoms with E-state index in [1.165, 1.54) is 4.90 Å². The van der Waals surface area contributed by atoms with Gasteiger partial charge in [0.1, 0.15) is 5.75 Å². The van der Waals surface area contributed by atoms with E-state index in [1.807, 2.05) is 51.1 Å². The molecule has 1 aliphatic carbocycles. The molecule has 4 N–H and O–H groups in total. The van der Waals surface area contributed by atoms with Crippen LogP contribution < -0.4 is 0 Å². The number of fused-ring (bicyclic) bond motifs is 2. The van der Waals surface area contributed by atoms with Gasteiger partial charge in [0.25, 0.3) is 0 Å². The summed E-state index contributed by atoms with van der Waals surface area (Å²) in [5, 5.41) is 42.8. The molecule has 0 radical (unpaired) electrons. The molecule has 1 aliphatic heterocycles. The summed E-state index contributed by atoms with van der Waals surface area (Å²) in [5.41, 5.74) is 3.66. The Hall–Kier alpha value is -3.49. The fraction of sp³-hybridized carbons (Fsp3) is 0.500. The van der Waals surface area contributed by atoms with E-state index in [4.69, 9.17) is 5.11 Å². The number of nitrogens with zero attached hydrogens (tertiary/aromatic N) is 1. The van der Waals surface area contributed by atoms with Gasteiger partial charge in [-0.1, -0.05) is 67.8 Å². The monoisotopic (exact) mass is 577 g/mol. The number of rotatable bonds is 13. The van der Waals surface area contributed by atoms with Gasteiger partial charge in [-0.15, -0.1) is 0 Å². The smallest absolute Gasteiger partial charge is 0.303 e. The highest BCUT2D eigenvalue weighted by Gasteiger charge is 2.54. The van der Waals surface area contributed by atoms with Crippen LogP contribution in [0.15, 0.2) is 53.1 Å². The lowest BCUT2D eigenvalue weighted by molar-refractivity contribution is -0.141. The maximum Gasteiger partial charge on any atom is 0.303 e. The number of aliphatic hydroxyl groups excluding tert-OH is 2. The lowest BCUT2D eigenvalue weighted by Crippen LogP contribution is -2.40. The molecular weight excluding hydrogens is 534 g/mol. The minimum atomic E-state index is -0.867. The molecule has 1 fully saturated rings. The number of likely N-dealkylation sites (tertiary alicyclic amines) is 1. The second kappa shape index (κ2) is 13.7. The van der Waals surface area contributed by atoms with E-state index in [0.29, 0.717) is 44.1 Å². The zero-order chi connectivity index (χ0) is 30.6. The van der Waals surface area contributed by atoms with E-state index in [1.54, 1.807) is 6.07 Å². The molecule has 226 valence electrons. The summed E-state index contributed by atoms with van der Waals surface area (Å²) in [6.07, 6.45) is 4.27. The third-order valence-electron chi connectivity index (χ3n) is 8.89. The standard InChI is InChI=1S/C34H43NO7/c1-20(2)25-18-26-32(34(42)35(33(26)41)16-8-4-5-11-30(39)40)27(19-36)31(25)29(38)14-12-21(3)17-22-13-15-28(37)24-10-7-6-9-23(22)24/h6-7,9-10,13,15,17,20,26-27,29,32,36-38H,4-5,8,11-12,14,16,18-19H2,1-3H3,(H,39,40)/b21-17+/t26-,27+,29-,32-/m1/s1. The van der Waals surface area contributed by atoms with Crippen molar-refractivity contribution in [2.24, 2.45) is 23.7 Å². The van der Waals surface area contributed by atoms with Crippen molar-refractivity contribution in [2.75, 3.05) is 13.2 Å². The van der Waals surface area contributed by atoms with E-state index in [0.717, 1.165) is 27.5 Å². The third kappa shape index (κ3) is 6.60. The minimum absolute atomic E-state index is 0.0395. The molecule has 4 atom stereocenters. The number of carboxylic acids is 1. The zero-order valence-electron chi connectivity index (χ0n) is 24.8. The Morgan fingerprint density at radius 3 is 2.40 bits per heavy atom. The second-order valence-electron chi connectivity index (χ2n) is 12.1. The van der Waals surface area contributed by atoms with Crippen LogP contribution in [0.1, 0.15) is 71.3 Å². The van der Waals surface area contributed by atoms with Crippen LogP contribution in [-0.2, 0) is 14.4 Å². The van der Waals surface area contributed by atoms with Gasteiger partial charge in [0, 0.05) is 24.3 Å². The first kappa shape index (κ1) is 31.4. The van der Waals surface area contributed by atoms with Crippen LogP contribution in [-0.4, -0.2) is 62.4 Å². The van der Waals surface area contributed by atoms with E-state index in [-0.39, 0.29) is 43.1 Å². The molecule has 4 rings (SSSR count). The normalized spacial score (nSPS) is 21.9. The van der Waals surface area contributed by atoms with Crippen LogP contribution in [0.3, 0.4) is 0 Å². The van der Waals surface area contributed by atoms with Crippen molar-refractivity contribution in [3.63, 3.8) is 0 Å². The number of benzene rings is 2. The van der Waals surface area contributed by atoms with Crippen LogP contribution in [0.4, 0.5) is 0 Å². The average Bonchev–Trinajstić information content (AvgIpc) is 3.20. The topological polar surface area (TPSA) is 135 Å². The number of aliphatic hydroxyl groups is 2.